The first-order valence-electron chi connectivity index (χ1n) is 8.02. The summed E-state index contributed by atoms with van der Waals surface area (Å²) in [6, 6.07) is 2.06. The van der Waals surface area contributed by atoms with Gasteiger partial charge < -0.3 is 0 Å². The summed E-state index contributed by atoms with van der Waals surface area (Å²) < 4.78 is 3.11. The van der Waals surface area contributed by atoms with Gasteiger partial charge in [-0.2, -0.15) is 10.4 Å². The van der Waals surface area contributed by atoms with Crippen molar-refractivity contribution in [3.63, 3.8) is 0 Å². The first kappa shape index (κ1) is 16.2. The molecule has 0 atom stereocenters. The van der Waals surface area contributed by atoms with E-state index >= 15 is 0 Å². The lowest BCUT2D eigenvalue weighted by atomic mass is 10.00. The van der Waals surface area contributed by atoms with E-state index in [2.05, 4.69) is 26.2 Å². The van der Waals surface area contributed by atoms with Gasteiger partial charge in [0.1, 0.15) is 11.6 Å². The molecule has 4 heterocycles. The van der Waals surface area contributed by atoms with Crippen molar-refractivity contribution in [2.75, 3.05) is 0 Å². The summed E-state index contributed by atoms with van der Waals surface area (Å²) in [6.07, 6.45) is 6.86. The first-order valence-corrected chi connectivity index (χ1v) is 8.90. The number of H-pyrrole nitrogens is 1. The molecule has 9 heteroatoms. The molecule has 0 spiro atoms. The van der Waals surface area contributed by atoms with Gasteiger partial charge in [0.2, 0.25) is 0 Å². The van der Waals surface area contributed by atoms with Gasteiger partial charge in [0.05, 0.1) is 23.9 Å². The number of hydrogen-bond donors (Lipinski definition) is 1. The monoisotopic (exact) mass is 365 g/mol. The molecule has 0 amide bonds. The lowest BCUT2D eigenvalue weighted by Gasteiger charge is -2.10. The average molecular weight is 365 g/mol. The summed E-state index contributed by atoms with van der Waals surface area (Å²) >= 11 is 1.56. The lowest BCUT2D eigenvalue weighted by Crippen LogP contribution is -2.22. The highest BCUT2D eigenvalue weighted by Crippen LogP contribution is 2.26. The molecule has 0 saturated carbocycles. The molecule has 0 aliphatic rings. The maximum atomic E-state index is 12.9. The maximum Gasteiger partial charge on any atom is 0.276 e. The Balaban J connectivity index is 1.87. The second-order valence-corrected chi connectivity index (χ2v) is 7.16. The van der Waals surface area contributed by atoms with Crippen LogP contribution in [-0.2, 0) is 6.54 Å². The molecule has 0 aromatic carbocycles. The third-order valence-electron chi connectivity index (χ3n) is 4.10. The van der Waals surface area contributed by atoms with Crippen LogP contribution in [-0.4, -0.2) is 29.4 Å². The van der Waals surface area contributed by atoms with Crippen LogP contribution in [0.25, 0.3) is 16.9 Å². The Bertz CT molecular complexity index is 1170. The van der Waals surface area contributed by atoms with Crippen LogP contribution in [0.4, 0.5) is 0 Å². The topological polar surface area (TPSA) is 105 Å². The fraction of sp³-hybridized carbons (Fsp3) is 0.235. The molecule has 0 fully saturated rings. The fourth-order valence-corrected chi connectivity index (χ4v) is 3.49. The minimum Gasteiger partial charge on any atom is -0.295 e. The molecule has 1 N–H and O–H groups in total. The van der Waals surface area contributed by atoms with Crippen LogP contribution < -0.4 is 5.56 Å². The number of aromatic amines is 1. The van der Waals surface area contributed by atoms with Crippen molar-refractivity contribution in [1.82, 2.24) is 29.4 Å². The second kappa shape index (κ2) is 6.24. The van der Waals surface area contributed by atoms with E-state index < -0.39 is 0 Å². The van der Waals surface area contributed by atoms with E-state index in [0.29, 0.717) is 29.0 Å². The molecule has 0 bridgehead atoms. The summed E-state index contributed by atoms with van der Waals surface area (Å²) in [5.41, 5.74) is 4.15. The van der Waals surface area contributed by atoms with Gasteiger partial charge in [-0.1, -0.05) is 13.8 Å². The summed E-state index contributed by atoms with van der Waals surface area (Å²) in [5, 5.41) is 16.4. The summed E-state index contributed by atoms with van der Waals surface area (Å²) in [6.45, 7) is 4.50. The zero-order valence-electron chi connectivity index (χ0n) is 14.2. The molecule has 4 aromatic rings. The van der Waals surface area contributed by atoms with Crippen LogP contribution in [0.3, 0.4) is 0 Å². The standard InChI is InChI=1S/C17H15N7OS/c1-10(2)14-15(22-16-11(3-18)4-21-24(16)17(14)25)12-5-20-23(7-12)8-13-6-19-9-26-13/h4-7,9-10,21H,8H2,1-2H3. The predicted molar refractivity (Wildman–Crippen MR) is 97.1 cm³/mol. The zero-order chi connectivity index (χ0) is 18.3. The van der Waals surface area contributed by atoms with Crippen molar-refractivity contribution >= 4 is 17.0 Å². The third kappa shape index (κ3) is 2.60. The number of nitriles is 1. The second-order valence-electron chi connectivity index (χ2n) is 6.19. The molecular weight excluding hydrogens is 350 g/mol. The Labute approximate surface area is 152 Å². The van der Waals surface area contributed by atoms with Gasteiger partial charge in [0.25, 0.3) is 5.56 Å². The van der Waals surface area contributed by atoms with Gasteiger partial charge in [-0.05, 0) is 5.92 Å². The van der Waals surface area contributed by atoms with E-state index in [1.54, 1.807) is 33.9 Å². The number of rotatable bonds is 4. The third-order valence-corrected chi connectivity index (χ3v) is 4.87. The molecule has 0 radical (unpaired) electrons. The Kier molecular flexibility index (Phi) is 3.89. The summed E-state index contributed by atoms with van der Waals surface area (Å²) in [4.78, 5) is 22.7. The highest BCUT2D eigenvalue weighted by molar-refractivity contribution is 7.09. The van der Waals surface area contributed by atoms with Crippen molar-refractivity contribution in [2.45, 2.75) is 26.3 Å². The number of nitrogens with zero attached hydrogens (tertiary/aromatic N) is 6. The van der Waals surface area contributed by atoms with Crippen molar-refractivity contribution in [3.8, 4) is 17.3 Å². The van der Waals surface area contributed by atoms with Gasteiger partial charge in [-0.25, -0.2) is 9.50 Å². The van der Waals surface area contributed by atoms with Gasteiger partial charge in [-0.3, -0.25) is 19.6 Å². The van der Waals surface area contributed by atoms with Crippen LogP contribution in [0.2, 0.25) is 0 Å². The Morgan fingerprint density at radius 2 is 2.23 bits per heavy atom. The van der Waals surface area contributed by atoms with E-state index in [4.69, 9.17) is 0 Å². The van der Waals surface area contributed by atoms with Crippen LogP contribution in [0.15, 0.2) is 35.1 Å². The minimum absolute atomic E-state index is 0.0272. The predicted octanol–water partition coefficient (Wildman–Crippen LogP) is 2.39. The van der Waals surface area contributed by atoms with Crippen LogP contribution in [0, 0.1) is 11.3 Å². The van der Waals surface area contributed by atoms with Gasteiger partial charge in [-0.15, -0.1) is 11.3 Å². The lowest BCUT2D eigenvalue weighted by molar-refractivity contribution is 0.694. The molecule has 26 heavy (non-hydrogen) atoms. The highest BCUT2D eigenvalue weighted by atomic mass is 32.1. The zero-order valence-corrected chi connectivity index (χ0v) is 15.0. The molecule has 4 aromatic heterocycles. The minimum atomic E-state index is -0.197. The highest BCUT2D eigenvalue weighted by Gasteiger charge is 2.20. The van der Waals surface area contributed by atoms with E-state index in [-0.39, 0.29) is 11.5 Å². The quantitative estimate of drug-likeness (QED) is 0.598. The smallest absolute Gasteiger partial charge is 0.276 e. The molecule has 0 aliphatic heterocycles. The SMILES string of the molecule is CC(C)c1c(-c2cnn(Cc3cncs3)c2)nc2c(C#N)c[nH]n2c1=O. The number of hydrogen-bond acceptors (Lipinski definition) is 6. The normalized spacial score (nSPS) is 11.3. The average Bonchev–Trinajstić information content (AvgIpc) is 3.34. The van der Waals surface area contributed by atoms with Gasteiger partial charge >= 0.3 is 0 Å². The van der Waals surface area contributed by atoms with E-state index in [0.717, 1.165) is 10.4 Å². The molecule has 0 saturated heterocycles. The van der Waals surface area contributed by atoms with Gasteiger partial charge in [0, 0.05) is 34.6 Å². The Morgan fingerprint density at radius 1 is 1.38 bits per heavy atom. The van der Waals surface area contributed by atoms with Crippen molar-refractivity contribution in [2.24, 2.45) is 0 Å². The number of thiazole rings is 1. The Hall–Kier alpha value is -3.25. The van der Waals surface area contributed by atoms with Gasteiger partial charge in [0.15, 0.2) is 5.65 Å². The number of fused-ring (bicyclic) bond motifs is 1. The summed E-state index contributed by atoms with van der Waals surface area (Å²) in [5.74, 6) is -0.0272. The van der Waals surface area contributed by atoms with E-state index in [1.807, 2.05) is 20.0 Å². The van der Waals surface area contributed by atoms with Crippen LogP contribution >= 0.6 is 11.3 Å². The van der Waals surface area contributed by atoms with Crippen molar-refractivity contribution < 1.29 is 0 Å². The molecule has 8 nitrogen and oxygen atoms in total. The molecular formula is C17H15N7OS. The van der Waals surface area contributed by atoms with E-state index in [1.165, 1.54) is 10.7 Å². The first-order chi connectivity index (χ1) is 12.6. The number of aromatic nitrogens is 6. The molecule has 0 aliphatic carbocycles. The molecule has 130 valence electrons. The molecule has 4 rings (SSSR count). The Morgan fingerprint density at radius 3 is 2.92 bits per heavy atom. The van der Waals surface area contributed by atoms with Crippen molar-refractivity contribution in [3.05, 3.63) is 56.7 Å². The number of nitrogens with one attached hydrogen (secondary N) is 1. The summed E-state index contributed by atoms with van der Waals surface area (Å²) in [7, 11) is 0. The largest absolute Gasteiger partial charge is 0.295 e. The van der Waals surface area contributed by atoms with Crippen LogP contribution in [0.1, 0.15) is 35.8 Å². The van der Waals surface area contributed by atoms with E-state index in [9.17, 15) is 10.1 Å². The van der Waals surface area contributed by atoms with Crippen LogP contribution in [0.5, 0.6) is 0 Å². The fourth-order valence-electron chi connectivity index (χ4n) is 2.90. The van der Waals surface area contributed by atoms with Crippen molar-refractivity contribution in [1.29, 1.82) is 5.26 Å². The molecule has 0 unspecified atom stereocenters. The maximum absolute atomic E-state index is 12.9.